The molecule has 136 valence electrons. The standard InChI is InChI=1S/C19H12F3N3OS/c20-13-6-7-14(18(22)17(13)21)23-16(26)8-12-10-27-19-24-15(9-25(12)19)11-4-2-1-3-5-11/h1-7,9-10H,8H2,(H,23,26). The minimum Gasteiger partial charge on any atom is -0.323 e. The van der Waals surface area contributed by atoms with Crippen molar-refractivity contribution in [3.05, 3.63) is 77.2 Å². The van der Waals surface area contributed by atoms with Crippen molar-refractivity contribution < 1.29 is 18.0 Å². The van der Waals surface area contributed by atoms with Crippen molar-refractivity contribution in [3.63, 3.8) is 0 Å². The van der Waals surface area contributed by atoms with E-state index in [1.165, 1.54) is 11.3 Å². The van der Waals surface area contributed by atoms with Crippen molar-refractivity contribution in [1.29, 1.82) is 0 Å². The Hall–Kier alpha value is -3.13. The molecule has 0 aliphatic heterocycles. The molecule has 0 bridgehead atoms. The fourth-order valence-electron chi connectivity index (χ4n) is 2.69. The third-order valence-electron chi connectivity index (χ3n) is 4.00. The van der Waals surface area contributed by atoms with E-state index in [-0.39, 0.29) is 6.42 Å². The normalized spacial score (nSPS) is 11.1. The van der Waals surface area contributed by atoms with Crippen LogP contribution in [-0.2, 0) is 11.2 Å². The first-order valence-corrected chi connectivity index (χ1v) is 8.85. The van der Waals surface area contributed by atoms with Gasteiger partial charge in [-0.15, -0.1) is 11.3 Å². The number of aromatic nitrogens is 2. The summed E-state index contributed by atoms with van der Waals surface area (Å²) in [5, 5.41) is 4.05. The molecule has 4 rings (SSSR count). The van der Waals surface area contributed by atoms with Gasteiger partial charge in [-0.05, 0) is 12.1 Å². The fourth-order valence-corrected chi connectivity index (χ4v) is 3.56. The molecule has 2 aromatic heterocycles. The summed E-state index contributed by atoms with van der Waals surface area (Å²) in [4.78, 5) is 17.5. The van der Waals surface area contributed by atoms with Gasteiger partial charge in [-0.3, -0.25) is 9.20 Å². The van der Waals surface area contributed by atoms with E-state index in [0.717, 1.165) is 28.4 Å². The highest BCUT2D eigenvalue weighted by Gasteiger charge is 2.17. The van der Waals surface area contributed by atoms with E-state index in [4.69, 9.17) is 0 Å². The van der Waals surface area contributed by atoms with Crippen LogP contribution in [0.2, 0.25) is 0 Å². The maximum absolute atomic E-state index is 13.7. The SMILES string of the molecule is O=C(Cc1csc2nc(-c3ccccc3)cn12)Nc1ccc(F)c(F)c1F. The van der Waals surface area contributed by atoms with Gasteiger partial charge in [0.1, 0.15) is 0 Å². The van der Waals surface area contributed by atoms with Gasteiger partial charge >= 0.3 is 0 Å². The van der Waals surface area contributed by atoms with Crippen molar-refractivity contribution in [2.45, 2.75) is 6.42 Å². The Morgan fingerprint density at radius 2 is 1.85 bits per heavy atom. The van der Waals surface area contributed by atoms with Crippen molar-refractivity contribution in [2.24, 2.45) is 0 Å². The van der Waals surface area contributed by atoms with Crippen LogP contribution >= 0.6 is 11.3 Å². The number of hydrogen-bond donors (Lipinski definition) is 1. The topological polar surface area (TPSA) is 46.4 Å². The maximum Gasteiger partial charge on any atom is 0.230 e. The number of halogens is 3. The lowest BCUT2D eigenvalue weighted by Crippen LogP contribution is -2.16. The lowest BCUT2D eigenvalue weighted by atomic mass is 10.2. The lowest BCUT2D eigenvalue weighted by Gasteiger charge is -2.07. The maximum atomic E-state index is 13.7. The van der Waals surface area contributed by atoms with E-state index in [0.29, 0.717) is 5.69 Å². The Bertz CT molecular complexity index is 1140. The van der Waals surface area contributed by atoms with Crippen LogP contribution in [0.25, 0.3) is 16.2 Å². The van der Waals surface area contributed by atoms with E-state index >= 15 is 0 Å². The van der Waals surface area contributed by atoms with Gasteiger partial charge in [0.05, 0.1) is 17.8 Å². The number of amides is 1. The first-order chi connectivity index (χ1) is 13.0. The molecule has 27 heavy (non-hydrogen) atoms. The number of nitrogens with zero attached hydrogens (tertiary/aromatic N) is 2. The third kappa shape index (κ3) is 3.31. The van der Waals surface area contributed by atoms with Gasteiger partial charge in [-0.25, -0.2) is 18.2 Å². The molecule has 4 nitrogen and oxygen atoms in total. The number of nitrogens with one attached hydrogen (secondary N) is 1. The molecule has 0 spiro atoms. The number of carbonyl (C=O) groups is 1. The number of carbonyl (C=O) groups excluding carboxylic acids is 1. The van der Waals surface area contributed by atoms with Crippen molar-refractivity contribution >= 4 is 27.9 Å². The molecule has 1 N–H and O–H groups in total. The molecule has 0 unspecified atom stereocenters. The number of rotatable bonds is 4. The quantitative estimate of drug-likeness (QED) is 0.518. The molecule has 1 amide bonds. The van der Waals surface area contributed by atoms with Crippen molar-refractivity contribution in [1.82, 2.24) is 9.38 Å². The predicted octanol–water partition coefficient (Wildman–Crippen LogP) is 4.66. The van der Waals surface area contributed by atoms with E-state index in [1.54, 1.807) is 9.78 Å². The molecule has 0 radical (unpaired) electrons. The summed E-state index contributed by atoms with van der Waals surface area (Å²) < 4.78 is 41.8. The zero-order valence-corrected chi connectivity index (χ0v) is 14.6. The van der Waals surface area contributed by atoms with Crippen LogP contribution in [0.3, 0.4) is 0 Å². The predicted molar refractivity (Wildman–Crippen MR) is 97.2 cm³/mol. The first-order valence-electron chi connectivity index (χ1n) is 7.97. The van der Waals surface area contributed by atoms with Gasteiger partial charge in [-0.1, -0.05) is 30.3 Å². The van der Waals surface area contributed by atoms with Crippen molar-refractivity contribution in [2.75, 3.05) is 5.32 Å². The summed E-state index contributed by atoms with van der Waals surface area (Å²) in [7, 11) is 0. The molecule has 0 aliphatic rings. The Labute approximate surface area is 155 Å². The minimum absolute atomic E-state index is 0.0664. The van der Waals surface area contributed by atoms with Crippen LogP contribution in [0.5, 0.6) is 0 Å². The smallest absolute Gasteiger partial charge is 0.230 e. The van der Waals surface area contributed by atoms with Crippen LogP contribution < -0.4 is 5.32 Å². The highest BCUT2D eigenvalue weighted by molar-refractivity contribution is 7.15. The number of imidazole rings is 1. The van der Waals surface area contributed by atoms with E-state index in [2.05, 4.69) is 10.3 Å². The van der Waals surface area contributed by atoms with Crippen LogP contribution in [0, 0.1) is 17.5 Å². The summed E-state index contributed by atoms with van der Waals surface area (Å²) in [5.41, 5.74) is 1.98. The van der Waals surface area contributed by atoms with Crippen molar-refractivity contribution in [3.8, 4) is 11.3 Å². The number of fused-ring (bicyclic) bond motifs is 1. The number of hydrogen-bond acceptors (Lipinski definition) is 3. The molecule has 4 aromatic rings. The molecule has 0 saturated heterocycles. The van der Waals surface area contributed by atoms with Crippen LogP contribution in [0.15, 0.2) is 54.0 Å². The van der Waals surface area contributed by atoms with Crippen LogP contribution in [0.4, 0.5) is 18.9 Å². The molecule has 0 fully saturated rings. The Balaban J connectivity index is 1.56. The average Bonchev–Trinajstić information content (AvgIpc) is 3.25. The van der Waals surface area contributed by atoms with Gasteiger partial charge in [0.15, 0.2) is 22.4 Å². The minimum atomic E-state index is -1.62. The van der Waals surface area contributed by atoms with Crippen LogP contribution in [-0.4, -0.2) is 15.3 Å². The van der Waals surface area contributed by atoms with E-state index < -0.39 is 29.0 Å². The average molecular weight is 387 g/mol. The van der Waals surface area contributed by atoms with E-state index in [9.17, 15) is 18.0 Å². The third-order valence-corrected chi connectivity index (χ3v) is 4.89. The van der Waals surface area contributed by atoms with Gasteiger partial charge in [0.2, 0.25) is 5.91 Å². The Morgan fingerprint density at radius 1 is 1.07 bits per heavy atom. The summed E-state index contributed by atoms with van der Waals surface area (Å²) in [5.74, 6) is -4.90. The first kappa shape index (κ1) is 17.3. The Morgan fingerprint density at radius 3 is 2.63 bits per heavy atom. The molecule has 0 atom stereocenters. The summed E-state index contributed by atoms with van der Waals surface area (Å²) in [6.45, 7) is 0. The molecule has 8 heteroatoms. The van der Waals surface area contributed by atoms with Gasteiger partial charge < -0.3 is 5.32 Å². The summed E-state index contributed by atoms with van der Waals surface area (Å²) >= 11 is 1.37. The molecular formula is C19H12F3N3OS. The number of anilines is 1. The summed E-state index contributed by atoms with van der Waals surface area (Å²) in [6, 6.07) is 11.4. The highest BCUT2D eigenvalue weighted by atomic mass is 32.1. The second-order valence-corrected chi connectivity index (χ2v) is 6.66. The monoisotopic (exact) mass is 387 g/mol. The summed E-state index contributed by atoms with van der Waals surface area (Å²) in [6.07, 6.45) is 1.75. The fraction of sp³-hybridized carbons (Fsp3) is 0.0526. The molecule has 0 saturated carbocycles. The molecule has 2 heterocycles. The highest BCUT2D eigenvalue weighted by Crippen LogP contribution is 2.24. The lowest BCUT2D eigenvalue weighted by molar-refractivity contribution is -0.115. The second-order valence-electron chi connectivity index (χ2n) is 5.82. The van der Waals surface area contributed by atoms with Gasteiger partial charge in [-0.2, -0.15) is 0 Å². The molecular weight excluding hydrogens is 375 g/mol. The second kappa shape index (κ2) is 6.88. The van der Waals surface area contributed by atoms with Gasteiger partial charge in [0, 0.05) is 22.8 Å². The zero-order chi connectivity index (χ0) is 19.0. The Kier molecular flexibility index (Phi) is 4.41. The number of benzene rings is 2. The zero-order valence-electron chi connectivity index (χ0n) is 13.7. The largest absolute Gasteiger partial charge is 0.323 e. The molecule has 2 aromatic carbocycles. The molecule has 0 aliphatic carbocycles. The van der Waals surface area contributed by atoms with Gasteiger partial charge in [0.25, 0.3) is 0 Å². The van der Waals surface area contributed by atoms with E-state index in [1.807, 2.05) is 36.5 Å². The van der Waals surface area contributed by atoms with Crippen LogP contribution in [0.1, 0.15) is 5.69 Å². The number of thiazole rings is 1.